The molecule has 0 aliphatic heterocycles. The lowest BCUT2D eigenvalue weighted by molar-refractivity contribution is -0.121. The van der Waals surface area contributed by atoms with Gasteiger partial charge in [0.25, 0.3) is 0 Å². The van der Waals surface area contributed by atoms with Crippen molar-refractivity contribution in [1.82, 2.24) is 5.32 Å². The van der Waals surface area contributed by atoms with Gasteiger partial charge < -0.3 is 5.32 Å². The van der Waals surface area contributed by atoms with E-state index < -0.39 is 0 Å². The lowest BCUT2D eigenvalue weighted by Crippen LogP contribution is -2.38. The molecule has 2 rings (SSSR count). The topological polar surface area (TPSA) is 29.1 Å². The van der Waals surface area contributed by atoms with Crippen LogP contribution in [0.5, 0.6) is 0 Å². The third-order valence-corrected chi connectivity index (χ3v) is 4.05. The zero-order valence-corrected chi connectivity index (χ0v) is 11.5. The van der Waals surface area contributed by atoms with E-state index in [0.717, 1.165) is 18.4 Å². The summed E-state index contributed by atoms with van der Waals surface area (Å²) in [5.74, 6) is 1.21. The highest BCUT2D eigenvalue weighted by atomic mass is 35.5. The fraction of sp³-hybridized carbons (Fsp3) is 0.533. The van der Waals surface area contributed by atoms with E-state index in [9.17, 15) is 4.79 Å². The first-order valence-corrected chi connectivity index (χ1v) is 7.13. The summed E-state index contributed by atoms with van der Waals surface area (Å²) in [6.07, 6.45) is 3.84. The van der Waals surface area contributed by atoms with Crippen LogP contribution in [0.25, 0.3) is 0 Å². The van der Waals surface area contributed by atoms with Crippen molar-refractivity contribution in [2.24, 2.45) is 5.92 Å². The second-order valence-corrected chi connectivity index (χ2v) is 5.49. The number of rotatable bonds is 4. The summed E-state index contributed by atoms with van der Waals surface area (Å²) in [6.45, 7) is 2.04. The molecule has 1 aromatic rings. The van der Waals surface area contributed by atoms with Crippen LogP contribution in [0, 0.1) is 12.8 Å². The number of benzene rings is 1. The molecule has 0 saturated heterocycles. The lowest BCUT2D eigenvalue weighted by Gasteiger charge is -2.18. The van der Waals surface area contributed by atoms with Crippen molar-refractivity contribution in [2.45, 2.75) is 38.6 Å². The third-order valence-electron chi connectivity index (χ3n) is 3.65. The number of alkyl halides is 1. The first-order valence-electron chi connectivity index (χ1n) is 6.60. The van der Waals surface area contributed by atoms with Gasteiger partial charge in [0, 0.05) is 11.9 Å². The van der Waals surface area contributed by atoms with Crippen LogP contribution in [0.1, 0.15) is 30.4 Å². The van der Waals surface area contributed by atoms with E-state index in [1.807, 2.05) is 25.1 Å². The Morgan fingerprint density at radius 1 is 1.44 bits per heavy atom. The highest BCUT2D eigenvalue weighted by Gasteiger charge is 2.27. The number of aryl methyl sites for hydroxylation is 1. The van der Waals surface area contributed by atoms with Crippen LogP contribution in [-0.2, 0) is 11.2 Å². The van der Waals surface area contributed by atoms with Crippen molar-refractivity contribution in [2.75, 3.05) is 5.88 Å². The smallest absolute Gasteiger partial charge is 0.224 e. The van der Waals surface area contributed by atoms with Crippen molar-refractivity contribution < 1.29 is 4.79 Å². The molecule has 1 aliphatic carbocycles. The fourth-order valence-electron chi connectivity index (χ4n) is 2.68. The van der Waals surface area contributed by atoms with E-state index in [4.69, 9.17) is 11.6 Å². The van der Waals surface area contributed by atoms with Crippen molar-refractivity contribution in [3.8, 4) is 0 Å². The molecule has 3 heteroatoms. The number of carbonyl (C=O) groups excluding carboxylic acids is 1. The monoisotopic (exact) mass is 265 g/mol. The first kappa shape index (κ1) is 13.4. The molecule has 1 aliphatic rings. The predicted octanol–water partition coefficient (Wildman–Crippen LogP) is 3.06. The largest absolute Gasteiger partial charge is 0.353 e. The van der Waals surface area contributed by atoms with E-state index in [1.54, 1.807) is 0 Å². The molecule has 2 unspecified atom stereocenters. The van der Waals surface area contributed by atoms with Gasteiger partial charge in [-0.05, 0) is 31.2 Å². The molecule has 18 heavy (non-hydrogen) atoms. The average Bonchev–Trinajstić information content (AvgIpc) is 2.76. The predicted molar refractivity (Wildman–Crippen MR) is 74.9 cm³/mol. The molecule has 2 atom stereocenters. The Labute approximate surface area is 114 Å². The normalized spacial score (nSPS) is 23.0. The van der Waals surface area contributed by atoms with Gasteiger partial charge in [-0.15, -0.1) is 11.6 Å². The van der Waals surface area contributed by atoms with Gasteiger partial charge in [0.1, 0.15) is 0 Å². The Morgan fingerprint density at radius 3 is 3.00 bits per heavy atom. The molecule has 1 fully saturated rings. The molecule has 0 aromatic heterocycles. The Hall–Kier alpha value is -1.02. The third kappa shape index (κ3) is 3.49. The number of carbonyl (C=O) groups is 1. The van der Waals surface area contributed by atoms with Crippen molar-refractivity contribution >= 4 is 17.5 Å². The lowest BCUT2D eigenvalue weighted by atomic mass is 10.0. The van der Waals surface area contributed by atoms with Crippen molar-refractivity contribution in [3.63, 3.8) is 0 Å². The summed E-state index contributed by atoms with van der Waals surface area (Å²) in [5, 5.41) is 3.12. The summed E-state index contributed by atoms with van der Waals surface area (Å²) in [5.41, 5.74) is 2.27. The second kappa shape index (κ2) is 6.24. The second-order valence-electron chi connectivity index (χ2n) is 5.19. The van der Waals surface area contributed by atoms with E-state index in [-0.39, 0.29) is 11.9 Å². The summed E-state index contributed by atoms with van der Waals surface area (Å²) in [7, 11) is 0. The summed E-state index contributed by atoms with van der Waals surface area (Å²) >= 11 is 5.92. The van der Waals surface area contributed by atoms with Gasteiger partial charge in [0.2, 0.25) is 5.91 Å². The zero-order chi connectivity index (χ0) is 13.0. The summed E-state index contributed by atoms with van der Waals surface area (Å²) < 4.78 is 0. The van der Waals surface area contributed by atoms with Crippen LogP contribution in [0.4, 0.5) is 0 Å². The molecule has 0 radical (unpaired) electrons. The van der Waals surface area contributed by atoms with Crippen LogP contribution in [0.15, 0.2) is 24.3 Å². The summed E-state index contributed by atoms with van der Waals surface area (Å²) in [4.78, 5) is 12.0. The standard InChI is InChI=1S/C15H20ClNO/c1-11-4-2-5-12(8-11)9-15(18)17-14-7-3-6-13(14)10-16/h2,4-5,8,13-14H,3,6-7,9-10H2,1H3,(H,17,18). The maximum Gasteiger partial charge on any atom is 0.224 e. The van der Waals surface area contributed by atoms with Crippen LogP contribution in [0.2, 0.25) is 0 Å². The Bertz CT molecular complexity index is 419. The number of hydrogen-bond acceptors (Lipinski definition) is 1. The van der Waals surface area contributed by atoms with E-state index >= 15 is 0 Å². The number of halogens is 1. The fourth-order valence-corrected chi connectivity index (χ4v) is 3.05. The molecular weight excluding hydrogens is 246 g/mol. The molecular formula is C15H20ClNO. The van der Waals surface area contributed by atoms with Crippen molar-refractivity contribution in [3.05, 3.63) is 35.4 Å². The van der Waals surface area contributed by atoms with Crippen LogP contribution in [-0.4, -0.2) is 17.8 Å². The first-order chi connectivity index (χ1) is 8.69. The number of amides is 1. The van der Waals surface area contributed by atoms with Crippen LogP contribution < -0.4 is 5.32 Å². The minimum atomic E-state index is 0.114. The van der Waals surface area contributed by atoms with Gasteiger partial charge in [-0.2, -0.15) is 0 Å². The minimum absolute atomic E-state index is 0.114. The highest BCUT2D eigenvalue weighted by Crippen LogP contribution is 2.26. The molecule has 1 saturated carbocycles. The molecule has 0 bridgehead atoms. The Balaban J connectivity index is 1.89. The molecule has 0 heterocycles. The van der Waals surface area contributed by atoms with Gasteiger partial charge in [-0.1, -0.05) is 36.2 Å². The number of nitrogens with one attached hydrogen (secondary N) is 1. The molecule has 1 aromatic carbocycles. The minimum Gasteiger partial charge on any atom is -0.353 e. The molecule has 2 nitrogen and oxygen atoms in total. The Kier molecular flexibility index (Phi) is 4.65. The van der Waals surface area contributed by atoms with Gasteiger partial charge >= 0.3 is 0 Å². The van der Waals surface area contributed by atoms with E-state index in [1.165, 1.54) is 12.0 Å². The van der Waals surface area contributed by atoms with Crippen LogP contribution >= 0.6 is 11.6 Å². The van der Waals surface area contributed by atoms with Gasteiger partial charge in [0.05, 0.1) is 6.42 Å². The maximum atomic E-state index is 12.0. The molecule has 98 valence electrons. The molecule has 0 spiro atoms. The van der Waals surface area contributed by atoms with Gasteiger partial charge in [-0.3, -0.25) is 4.79 Å². The summed E-state index contributed by atoms with van der Waals surface area (Å²) in [6, 6.07) is 8.38. The average molecular weight is 266 g/mol. The number of hydrogen-bond donors (Lipinski definition) is 1. The highest BCUT2D eigenvalue weighted by molar-refractivity contribution is 6.18. The maximum absolute atomic E-state index is 12.0. The SMILES string of the molecule is Cc1cccc(CC(=O)NC2CCCC2CCl)c1. The quantitative estimate of drug-likeness (QED) is 0.833. The van der Waals surface area contributed by atoms with Crippen molar-refractivity contribution in [1.29, 1.82) is 0 Å². The Morgan fingerprint density at radius 2 is 2.28 bits per heavy atom. The molecule has 1 amide bonds. The zero-order valence-electron chi connectivity index (χ0n) is 10.8. The van der Waals surface area contributed by atoms with Crippen LogP contribution in [0.3, 0.4) is 0 Å². The van der Waals surface area contributed by atoms with E-state index in [0.29, 0.717) is 18.2 Å². The van der Waals surface area contributed by atoms with E-state index in [2.05, 4.69) is 11.4 Å². The van der Waals surface area contributed by atoms with Gasteiger partial charge in [-0.25, -0.2) is 0 Å². The molecule has 1 N–H and O–H groups in total. The van der Waals surface area contributed by atoms with Gasteiger partial charge in [0.15, 0.2) is 0 Å².